The highest BCUT2D eigenvalue weighted by Crippen LogP contribution is 2.46. The maximum Gasteiger partial charge on any atom is 0.160 e. The molecule has 0 unspecified atom stereocenters. The van der Waals surface area contributed by atoms with Crippen LogP contribution in [0.5, 0.6) is 0 Å². The van der Waals surface area contributed by atoms with Crippen molar-refractivity contribution in [2.75, 3.05) is 0 Å². The minimum Gasteiger partial charge on any atom is -0.454 e. The van der Waals surface area contributed by atoms with Gasteiger partial charge >= 0.3 is 0 Å². The molecule has 5 nitrogen and oxygen atoms in total. The van der Waals surface area contributed by atoms with Gasteiger partial charge in [-0.3, -0.25) is 0 Å². The minimum absolute atomic E-state index is 0.911. The Hall–Kier alpha value is -11.7. The van der Waals surface area contributed by atoms with Crippen LogP contribution in [0.2, 0.25) is 0 Å². The Morgan fingerprint density at radius 3 is 1.07 bits per heavy atom. The van der Waals surface area contributed by atoms with E-state index in [4.69, 9.17) is 4.42 Å². The zero-order valence-electron chi connectivity index (χ0n) is 48.6. The average Bonchev–Trinajstić information content (AvgIpc) is 1.61. The van der Waals surface area contributed by atoms with Crippen molar-refractivity contribution >= 4 is 141 Å². The minimum atomic E-state index is 0.911. The standard InChI is InChI=1S/C42H26N2O.C42H26N2S/c2*1-3-11-29(12-4-1)43-37-17-9-7-15-31(37)35-25-27(19-23-38(35)43)28-20-24-39-36(26-28)33-21-22-34-32-16-8-10-18-40(32)45-42(34)41(33)44(39)30-13-5-2-6-14-30/h2*1-26H. The van der Waals surface area contributed by atoms with Crippen molar-refractivity contribution in [2.24, 2.45) is 0 Å². The van der Waals surface area contributed by atoms with Gasteiger partial charge in [-0.25, -0.2) is 0 Å². The van der Waals surface area contributed by atoms with Gasteiger partial charge in [-0.05, 0) is 150 Å². The molecule has 0 radical (unpaired) electrons. The molecule has 0 aliphatic heterocycles. The summed E-state index contributed by atoms with van der Waals surface area (Å²) in [5.74, 6) is 0. The van der Waals surface area contributed by atoms with Crippen LogP contribution in [0.15, 0.2) is 320 Å². The summed E-state index contributed by atoms with van der Waals surface area (Å²) >= 11 is 1.90. The lowest BCUT2D eigenvalue weighted by molar-refractivity contribution is 0.671. The number of furan rings is 1. The van der Waals surface area contributed by atoms with Gasteiger partial charge in [0.25, 0.3) is 0 Å². The van der Waals surface area contributed by atoms with Crippen molar-refractivity contribution in [3.63, 3.8) is 0 Å². The summed E-state index contributed by atoms with van der Waals surface area (Å²) in [6.07, 6.45) is 0. The highest BCUT2D eigenvalue weighted by molar-refractivity contribution is 7.26. The molecule has 14 aromatic carbocycles. The number of hydrogen-bond acceptors (Lipinski definition) is 2. The molecule has 6 aromatic heterocycles. The third-order valence-electron chi connectivity index (χ3n) is 18.6. The first kappa shape index (κ1) is 50.5. The summed E-state index contributed by atoms with van der Waals surface area (Å²) < 4.78 is 18.8. The van der Waals surface area contributed by atoms with Gasteiger partial charge in [0, 0.05) is 92.1 Å². The van der Waals surface area contributed by atoms with Crippen LogP contribution in [0, 0.1) is 0 Å². The largest absolute Gasteiger partial charge is 0.454 e. The molecule has 20 aromatic rings. The molecule has 0 saturated heterocycles. The maximum absolute atomic E-state index is 6.58. The fraction of sp³-hybridized carbons (Fsp3) is 0. The Balaban J connectivity index is 0.000000130. The molecule has 0 spiro atoms. The molecule has 420 valence electrons. The number of fused-ring (bicyclic) bond motifs is 20. The van der Waals surface area contributed by atoms with Gasteiger partial charge in [-0.2, -0.15) is 0 Å². The molecule has 0 bridgehead atoms. The van der Waals surface area contributed by atoms with Gasteiger partial charge in [0.2, 0.25) is 0 Å². The van der Waals surface area contributed by atoms with Crippen LogP contribution >= 0.6 is 11.3 Å². The molecular formula is C84H52N4OS. The van der Waals surface area contributed by atoms with E-state index < -0.39 is 0 Å². The topological polar surface area (TPSA) is 32.9 Å². The first-order chi connectivity index (χ1) is 44.7. The first-order valence-electron chi connectivity index (χ1n) is 30.7. The van der Waals surface area contributed by atoms with Gasteiger partial charge in [0.15, 0.2) is 5.58 Å². The summed E-state index contributed by atoms with van der Waals surface area (Å²) in [5, 5.41) is 14.9. The smallest absolute Gasteiger partial charge is 0.160 e. The SMILES string of the molecule is c1ccc(-n2c3ccccc3c3cc(-c4ccc5c(c4)c4ccc6c7ccccc7oc6c4n5-c4ccccc4)ccc32)cc1.c1ccc(-n2c3ccccc3c3cc(-c4ccc5c(c4)c4ccc6c7ccccc7sc6c4n5-c4ccccc4)ccc32)cc1. The summed E-state index contributed by atoms with van der Waals surface area (Å²) in [5.41, 5.74) is 21.0. The van der Waals surface area contributed by atoms with Crippen molar-refractivity contribution in [1.82, 2.24) is 18.3 Å². The summed E-state index contributed by atoms with van der Waals surface area (Å²) in [4.78, 5) is 0. The second-order valence-electron chi connectivity index (χ2n) is 23.5. The molecule has 0 amide bonds. The second kappa shape index (κ2) is 19.9. The number of aromatic nitrogens is 4. The summed E-state index contributed by atoms with van der Waals surface area (Å²) in [6.45, 7) is 0. The highest BCUT2D eigenvalue weighted by atomic mass is 32.1. The number of rotatable bonds is 6. The summed E-state index contributed by atoms with van der Waals surface area (Å²) in [7, 11) is 0. The predicted molar refractivity (Wildman–Crippen MR) is 381 cm³/mol. The van der Waals surface area contributed by atoms with Crippen LogP contribution in [0.25, 0.3) is 174 Å². The quantitative estimate of drug-likeness (QED) is 0.163. The zero-order valence-corrected chi connectivity index (χ0v) is 49.4. The number of benzene rings is 14. The van der Waals surface area contributed by atoms with Crippen LogP contribution in [0.1, 0.15) is 0 Å². The number of hydrogen-bond donors (Lipinski definition) is 0. The molecule has 0 aliphatic carbocycles. The van der Waals surface area contributed by atoms with Crippen molar-refractivity contribution < 1.29 is 4.42 Å². The van der Waals surface area contributed by atoms with E-state index in [1.807, 2.05) is 17.4 Å². The molecule has 20 rings (SSSR count). The van der Waals surface area contributed by atoms with E-state index in [-0.39, 0.29) is 0 Å². The molecule has 6 heterocycles. The van der Waals surface area contributed by atoms with Gasteiger partial charge in [0.1, 0.15) is 5.58 Å². The fourth-order valence-corrected chi connectivity index (χ4v) is 15.9. The lowest BCUT2D eigenvalue weighted by Crippen LogP contribution is -1.93. The van der Waals surface area contributed by atoms with E-state index in [2.05, 4.69) is 328 Å². The molecule has 0 atom stereocenters. The monoisotopic (exact) mass is 1160 g/mol. The molecule has 0 saturated carbocycles. The van der Waals surface area contributed by atoms with Crippen molar-refractivity contribution in [2.45, 2.75) is 0 Å². The maximum atomic E-state index is 6.58. The van der Waals surface area contributed by atoms with E-state index in [0.29, 0.717) is 0 Å². The third-order valence-corrected chi connectivity index (χ3v) is 19.8. The van der Waals surface area contributed by atoms with E-state index in [9.17, 15) is 0 Å². The molecule has 0 N–H and O–H groups in total. The van der Waals surface area contributed by atoms with Crippen LogP contribution in [-0.4, -0.2) is 18.3 Å². The third kappa shape index (κ3) is 7.62. The van der Waals surface area contributed by atoms with Crippen molar-refractivity contribution in [3.8, 4) is 45.0 Å². The van der Waals surface area contributed by atoms with E-state index in [0.717, 1.165) is 38.7 Å². The Labute approximate surface area is 520 Å². The van der Waals surface area contributed by atoms with Crippen LogP contribution < -0.4 is 0 Å². The molecular weight excluding hydrogens is 1110 g/mol. The van der Waals surface area contributed by atoms with Crippen molar-refractivity contribution in [1.29, 1.82) is 0 Å². The van der Waals surface area contributed by atoms with Gasteiger partial charge in [-0.15, -0.1) is 11.3 Å². The lowest BCUT2D eigenvalue weighted by atomic mass is 10.0. The zero-order chi connectivity index (χ0) is 59.0. The Kier molecular flexibility index (Phi) is 11.2. The number of para-hydroxylation sites is 7. The number of nitrogens with zero attached hydrogens (tertiary/aromatic N) is 4. The normalized spacial score (nSPS) is 12.0. The van der Waals surface area contributed by atoms with E-state index in [1.165, 1.54) is 136 Å². The predicted octanol–water partition coefficient (Wildman–Crippen LogP) is 23.4. The lowest BCUT2D eigenvalue weighted by Gasteiger charge is -2.09. The molecule has 90 heavy (non-hydrogen) atoms. The second-order valence-corrected chi connectivity index (χ2v) is 24.6. The number of thiophene rings is 1. The van der Waals surface area contributed by atoms with E-state index >= 15 is 0 Å². The van der Waals surface area contributed by atoms with E-state index in [1.54, 1.807) is 0 Å². The molecule has 6 heteroatoms. The van der Waals surface area contributed by atoms with Gasteiger partial charge in [-0.1, -0.05) is 188 Å². The molecule has 0 fully saturated rings. The Bertz CT molecular complexity index is 5880. The van der Waals surface area contributed by atoms with Crippen LogP contribution in [-0.2, 0) is 0 Å². The first-order valence-corrected chi connectivity index (χ1v) is 31.5. The van der Waals surface area contributed by atoms with Gasteiger partial charge < -0.3 is 22.7 Å². The Morgan fingerprint density at radius 1 is 0.222 bits per heavy atom. The fourth-order valence-electron chi connectivity index (χ4n) is 14.6. The van der Waals surface area contributed by atoms with Crippen molar-refractivity contribution in [3.05, 3.63) is 315 Å². The average molecular weight is 1170 g/mol. The van der Waals surface area contributed by atoms with Crippen LogP contribution in [0.4, 0.5) is 0 Å². The Morgan fingerprint density at radius 2 is 0.567 bits per heavy atom. The highest BCUT2D eigenvalue weighted by Gasteiger charge is 2.23. The summed E-state index contributed by atoms with van der Waals surface area (Å²) in [6, 6.07) is 114. The van der Waals surface area contributed by atoms with Gasteiger partial charge in [0.05, 0.1) is 48.8 Å². The van der Waals surface area contributed by atoms with Crippen LogP contribution in [0.3, 0.4) is 0 Å². The molecule has 0 aliphatic rings.